The van der Waals surface area contributed by atoms with E-state index in [4.69, 9.17) is 21.4 Å². The van der Waals surface area contributed by atoms with Crippen molar-refractivity contribution in [1.82, 2.24) is 0 Å². The number of carboxylic acid groups (broad SMARTS) is 1. The molecule has 0 saturated carbocycles. The number of benzene rings is 3. The molecule has 154 valence electrons. The van der Waals surface area contributed by atoms with Gasteiger partial charge in [0.1, 0.15) is 5.75 Å². The van der Waals surface area contributed by atoms with Gasteiger partial charge in [0.25, 0.3) is 0 Å². The Balaban J connectivity index is 1.78. The lowest BCUT2D eigenvalue weighted by atomic mass is 9.98. The molecule has 0 saturated heterocycles. The number of rotatable bonds is 8. The van der Waals surface area contributed by atoms with Gasteiger partial charge < -0.3 is 9.84 Å². The maximum absolute atomic E-state index is 10.6. The van der Waals surface area contributed by atoms with Crippen LogP contribution in [-0.4, -0.2) is 23.4 Å². The highest BCUT2D eigenvalue weighted by Crippen LogP contribution is 2.32. The predicted octanol–water partition coefficient (Wildman–Crippen LogP) is 7.55. The molecule has 1 N–H and O–H groups in total. The lowest BCUT2D eigenvalue weighted by Gasteiger charge is -2.10. The number of carbonyl (C=O) groups is 1. The molecule has 30 heavy (non-hydrogen) atoms. The quantitative estimate of drug-likeness (QED) is 0.285. The van der Waals surface area contributed by atoms with E-state index in [9.17, 15) is 4.79 Å². The summed E-state index contributed by atoms with van der Waals surface area (Å²) >= 11 is 14.9. The first-order chi connectivity index (χ1) is 14.4. The van der Waals surface area contributed by atoms with Crippen molar-refractivity contribution in [2.45, 2.75) is 4.90 Å². The van der Waals surface area contributed by atoms with Crippen molar-refractivity contribution >= 4 is 66.8 Å². The van der Waals surface area contributed by atoms with Crippen LogP contribution in [0, 0.1) is 0 Å². The molecular formula is C23H17Br2ClO3S. The summed E-state index contributed by atoms with van der Waals surface area (Å²) in [7, 11) is 0. The summed E-state index contributed by atoms with van der Waals surface area (Å²) in [4.78, 5) is 11.5. The summed E-state index contributed by atoms with van der Waals surface area (Å²) < 4.78 is 7.24. The second-order valence-corrected chi connectivity index (χ2v) is 9.52. The van der Waals surface area contributed by atoms with E-state index in [1.54, 1.807) is 23.9 Å². The fourth-order valence-electron chi connectivity index (χ4n) is 2.71. The van der Waals surface area contributed by atoms with Gasteiger partial charge in [0.2, 0.25) is 0 Å². The van der Waals surface area contributed by atoms with Gasteiger partial charge in [-0.3, -0.25) is 0 Å². The van der Waals surface area contributed by atoms with Crippen LogP contribution in [0.25, 0.3) is 5.57 Å². The molecule has 0 radical (unpaired) electrons. The maximum Gasteiger partial charge on any atom is 0.341 e. The second-order valence-electron chi connectivity index (χ2n) is 6.22. The minimum Gasteiger partial charge on any atom is -0.482 e. The van der Waals surface area contributed by atoms with Crippen LogP contribution < -0.4 is 4.74 Å². The lowest BCUT2D eigenvalue weighted by Crippen LogP contribution is -2.09. The topological polar surface area (TPSA) is 46.5 Å². The van der Waals surface area contributed by atoms with Crippen molar-refractivity contribution in [1.29, 1.82) is 0 Å². The number of carboxylic acids is 1. The average molecular weight is 569 g/mol. The number of hydrogen-bond acceptors (Lipinski definition) is 3. The Labute approximate surface area is 201 Å². The molecule has 0 spiro atoms. The van der Waals surface area contributed by atoms with Gasteiger partial charge in [-0.25, -0.2) is 4.79 Å². The molecule has 0 aliphatic carbocycles. The van der Waals surface area contributed by atoms with Gasteiger partial charge in [-0.1, -0.05) is 73.8 Å². The van der Waals surface area contributed by atoms with Crippen molar-refractivity contribution in [3.63, 3.8) is 0 Å². The smallest absolute Gasteiger partial charge is 0.341 e. The van der Waals surface area contributed by atoms with Gasteiger partial charge in [-0.05, 0) is 59.2 Å². The van der Waals surface area contributed by atoms with E-state index in [2.05, 4.69) is 62.2 Å². The first kappa shape index (κ1) is 22.9. The molecular weight excluding hydrogens is 552 g/mol. The third-order valence-electron chi connectivity index (χ3n) is 4.10. The van der Waals surface area contributed by atoms with E-state index in [0.29, 0.717) is 10.8 Å². The van der Waals surface area contributed by atoms with Crippen LogP contribution in [0.4, 0.5) is 0 Å². The van der Waals surface area contributed by atoms with E-state index >= 15 is 0 Å². The summed E-state index contributed by atoms with van der Waals surface area (Å²) in [6, 6.07) is 21.7. The molecule has 3 aromatic rings. The molecule has 0 amide bonds. The lowest BCUT2D eigenvalue weighted by molar-refractivity contribution is -0.139. The highest BCUT2D eigenvalue weighted by molar-refractivity contribution is 9.10. The summed E-state index contributed by atoms with van der Waals surface area (Å²) in [6.45, 7) is -0.394. The molecule has 7 heteroatoms. The molecule has 3 aromatic carbocycles. The summed E-state index contributed by atoms with van der Waals surface area (Å²) in [6.07, 6.45) is 2.18. The second kappa shape index (κ2) is 11.0. The third-order valence-corrected chi connectivity index (χ3v) is 6.58. The number of halogens is 3. The van der Waals surface area contributed by atoms with Gasteiger partial charge in [-0.15, -0.1) is 11.8 Å². The van der Waals surface area contributed by atoms with E-state index < -0.39 is 12.6 Å². The van der Waals surface area contributed by atoms with Crippen molar-refractivity contribution in [3.05, 3.63) is 97.9 Å². The molecule has 0 aliphatic rings. The molecule has 0 unspecified atom stereocenters. The van der Waals surface area contributed by atoms with Crippen LogP contribution in [0.1, 0.15) is 11.1 Å². The van der Waals surface area contributed by atoms with Crippen molar-refractivity contribution in [2.75, 3.05) is 12.4 Å². The Morgan fingerprint density at radius 1 is 0.967 bits per heavy atom. The van der Waals surface area contributed by atoms with Gasteiger partial charge in [0, 0.05) is 19.6 Å². The van der Waals surface area contributed by atoms with E-state index in [1.807, 2.05) is 30.3 Å². The Morgan fingerprint density at radius 2 is 1.53 bits per heavy atom. The standard InChI is InChI=1S/C23H17Br2ClO3S/c24-17-5-1-15(2-6-17)20(16-3-7-18(25)8-4-16)11-12-30-22-10-9-19(13-21(22)26)29-14-23(27)28/h1-11,13H,12,14H2,(H,27,28). The number of ether oxygens (including phenoxy) is 1. The molecule has 0 bridgehead atoms. The zero-order valence-corrected chi connectivity index (χ0v) is 20.4. The molecule has 0 heterocycles. The van der Waals surface area contributed by atoms with Crippen molar-refractivity contribution in [3.8, 4) is 5.75 Å². The van der Waals surface area contributed by atoms with Gasteiger partial charge >= 0.3 is 5.97 Å². The van der Waals surface area contributed by atoms with Crippen LogP contribution >= 0.6 is 55.2 Å². The minimum atomic E-state index is -1.02. The fourth-order valence-corrected chi connectivity index (χ4v) is 4.36. The van der Waals surface area contributed by atoms with Gasteiger partial charge in [-0.2, -0.15) is 0 Å². The largest absolute Gasteiger partial charge is 0.482 e. The molecule has 0 atom stereocenters. The monoisotopic (exact) mass is 566 g/mol. The number of thioether (sulfide) groups is 1. The molecule has 3 rings (SSSR count). The minimum absolute atomic E-state index is 0.394. The number of hydrogen-bond donors (Lipinski definition) is 1. The first-order valence-corrected chi connectivity index (χ1v) is 11.9. The maximum atomic E-state index is 10.6. The fraction of sp³-hybridized carbons (Fsp3) is 0.0870. The van der Waals surface area contributed by atoms with Crippen LogP contribution in [0.2, 0.25) is 5.02 Å². The molecule has 0 aromatic heterocycles. The molecule has 0 fully saturated rings. The Hall–Kier alpha value is -1.73. The average Bonchev–Trinajstić information content (AvgIpc) is 2.72. The Bertz CT molecular complexity index is 1000. The number of aliphatic carboxylic acids is 1. The summed E-state index contributed by atoms with van der Waals surface area (Å²) in [5, 5.41) is 9.24. The van der Waals surface area contributed by atoms with Gasteiger partial charge in [0.05, 0.1) is 5.02 Å². The van der Waals surface area contributed by atoms with Crippen LogP contribution in [0.5, 0.6) is 5.75 Å². The first-order valence-electron chi connectivity index (χ1n) is 8.91. The van der Waals surface area contributed by atoms with E-state index in [1.165, 1.54) is 0 Å². The van der Waals surface area contributed by atoms with Crippen molar-refractivity contribution in [2.24, 2.45) is 0 Å². The third kappa shape index (κ3) is 6.64. The van der Waals surface area contributed by atoms with Gasteiger partial charge in [0.15, 0.2) is 6.61 Å². The molecule has 3 nitrogen and oxygen atoms in total. The van der Waals surface area contributed by atoms with Crippen LogP contribution in [0.3, 0.4) is 0 Å². The normalized spacial score (nSPS) is 10.5. The predicted molar refractivity (Wildman–Crippen MR) is 131 cm³/mol. The van der Waals surface area contributed by atoms with Crippen LogP contribution in [0.15, 0.2) is 86.6 Å². The summed E-state index contributed by atoms with van der Waals surface area (Å²) in [5.41, 5.74) is 3.40. The highest BCUT2D eigenvalue weighted by atomic mass is 79.9. The van der Waals surface area contributed by atoms with E-state index in [-0.39, 0.29) is 0 Å². The highest BCUT2D eigenvalue weighted by Gasteiger charge is 2.08. The van der Waals surface area contributed by atoms with E-state index in [0.717, 1.165) is 36.3 Å². The van der Waals surface area contributed by atoms with Crippen LogP contribution in [-0.2, 0) is 4.79 Å². The Morgan fingerprint density at radius 3 is 2.03 bits per heavy atom. The van der Waals surface area contributed by atoms with Crippen molar-refractivity contribution < 1.29 is 14.6 Å². The Kier molecular flexibility index (Phi) is 8.45. The molecule has 0 aliphatic heterocycles. The zero-order chi connectivity index (χ0) is 21.5. The SMILES string of the molecule is O=C(O)COc1ccc(SCC=C(c2ccc(Br)cc2)c2ccc(Br)cc2)c(Cl)c1. The summed E-state index contributed by atoms with van der Waals surface area (Å²) in [5.74, 6) is 0.132. The zero-order valence-electron chi connectivity index (χ0n) is 15.6.